The molecule has 0 aliphatic carbocycles. The zero-order chi connectivity index (χ0) is 18.4. The van der Waals surface area contributed by atoms with Gasteiger partial charge in [0.2, 0.25) is 5.91 Å². The van der Waals surface area contributed by atoms with Crippen LogP contribution in [0.1, 0.15) is 23.6 Å². The fourth-order valence-electron chi connectivity index (χ4n) is 3.36. The van der Waals surface area contributed by atoms with Crippen molar-refractivity contribution in [2.75, 3.05) is 33.2 Å². The maximum atomic E-state index is 12.2. The van der Waals surface area contributed by atoms with Gasteiger partial charge in [-0.15, -0.1) is 0 Å². The van der Waals surface area contributed by atoms with E-state index in [1.54, 1.807) is 0 Å². The molecule has 0 radical (unpaired) electrons. The minimum Gasteiger partial charge on any atom is -0.352 e. The molecule has 1 fully saturated rings. The molecule has 0 spiro atoms. The molecule has 1 heterocycles. The van der Waals surface area contributed by atoms with Crippen LogP contribution in [-0.4, -0.2) is 48.9 Å². The van der Waals surface area contributed by atoms with Crippen molar-refractivity contribution < 1.29 is 4.79 Å². The topological polar surface area (TPSA) is 35.6 Å². The number of carbonyl (C=O) groups is 1. The Hall–Kier alpha value is -1.88. The summed E-state index contributed by atoms with van der Waals surface area (Å²) in [7, 11) is 2.17. The molecule has 1 aliphatic heterocycles. The highest BCUT2D eigenvalue weighted by Crippen LogP contribution is 2.23. The van der Waals surface area contributed by atoms with Crippen LogP contribution in [0.5, 0.6) is 0 Å². The fourth-order valence-corrected chi connectivity index (χ4v) is 3.58. The van der Waals surface area contributed by atoms with Gasteiger partial charge in [-0.3, -0.25) is 14.6 Å². The Bertz CT molecular complexity index is 722. The van der Waals surface area contributed by atoms with Crippen molar-refractivity contribution in [2.45, 2.75) is 19.0 Å². The lowest BCUT2D eigenvalue weighted by molar-refractivity contribution is -0.121. The first kappa shape index (κ1) is 18.9. The molecular formula is C21H26ClN3O. The standard InChI is InChI=1S/C21H26ClN3O/c1-24-12-13-25(16-20(24)18-7-3-2-4-8-18)11-10-21(26)23-15-17-6-5-9-19(22)14-17/h2-9,14,20H,10-13,15-16H2,1H3,(H,23,26)/t20-/m0/s1. The average molecular weight is 372 g/mol. The normalized spacial score (nSPS) is 18.6. The molecule has 3 rings (SSSR count). The third-order valence-electron chi connectivity index (χ3n) is 4.95. The van der Waals surface area contributed by atoms with Crippen LogP contribution < -0.4 is 5.32 Å². The molecule has 2 aromatic rings. The lowest BCUT2D eigenvalue weighted by atomic mass is 10.0. The first-order chi connectivity index (χ1) is 12.6. The van der Waals surface area contributed by atoms with Gasteiger partial charge in [0.25, 0.3) is 0 Å². The summed E-state index contributed by atoms with van der Waals surface area (Å²) in [6.45, 7) is 4.29. The molecule has 26 heavy (non-hydrogen) atoms. The van der Waals surface area contributed by atoms with E-state index in [2.05, 4.69) is 46.4 Å². The molecule has 0 unspecified atom stereocenters. The number of benzene rings is 2. The number of rotatable bonds is 6. The van der Waals surface area contributed by atoms with Crippen molar-refractivity contribution in [2.24, 2.45) is 0 Å². The maximum absolute atomic E-state index is 12.2. The van der Waals surface area contributed by atoms with Crippen molar-refractivity contribution in [1.29, 1.82) is 0 Å². The number of halogens is 1. The number of nitrogens with zero attached hydrogens (tertiary/aromatic N) is 2. The van der Waals surface area contributed by atoms with E-state index < -0.39 is 0 Å². The smallest absolute Gasteiger partial charge is 0.221 e. The van der Waals surface area contributed by atoms with E-state index in [0.29, 0.717) is 24.0 Å². The minimum atomic E-state index is 0.0835. The molecule has 4 nitrogen and oxygen atoms in total. The lowest BCUT2D eigenvalue weighted by Gasteiger charge is -2.39. The quantitative estimate of drug-likeness (QED) is 0.846. The molecule has 0 bridgehead atoms. The summed E-state index contributed by atoms with van der Waals surface area (Å²) < 4.78 is 0. The molecule has 1 aliphatic rings. The molecule has 1 amide bonds. The van der Waals surface area contributed by atoms with Gasteiger partial charge < -0.3 is 5.32 Å². The van der Waals surface area contributed by atoms with Gasteiger partial charge in [-0.1, -0.05) is 54.1 Å². The van der Waals surface area contributed by atoms with Crippen LogP contribution in [0.3, 0.4) is 0 Å². The predicted molar refractivity (Wildman–Crippen MR) is 106 cm³/mol. The molecule has 5 heteroatoms. The second-order valence-corrected chi connectivity index (χ2v) is 7.30. The van der Waals surface area contributed by atoms with E-state index in [-0.39, 0.29) is 5.91 Å². The van der Waals surface area contributed by atoms with Gasteiger partial charge in [0.15, 0.2) is 0 Å². The van der Waals surface area contributed by atoms with Crippen molar-refractivity contribution in [3.8, 4) is 0 Å². The number of amides is 1. The van der Waals surface area contributed by atoms with Crippen molar-refractivity contribution in [3.05, 3.63) is 70.7 Å². The van der Waals surface area contributed by atoms with Crippen LogP contribution >= 0.6 is 11.6 Å². The molecule has 1 N–H and O–H groups in total. The van der Waals surface area contributed by atoms with Crippen LogP contribution in [-0.2, 0) is 11.3 Å². The third kappa shape index (κ3) is 5.31. The van der Waals surface area contributed by atoms with Gasteiger partial charge in [0.05, 0.1) is 0 Å². The minimum absolute atomic E-state index is 0.0835. The first-order valence-corrected chi connectivity index (χ1v) is 9.48. The largest absolute Gasteiger partial charge is 0.352 e. The van der Waals surface area contributed by atoms with Gasteiger partial charge >= 0.3 is 0 Å². The van der Waals surface area contributed by atoms with E-state index in [1.165, 1.54) is 5.56 Å². The van der Waals surface area contributed by atoms with Crippen molar-refractivity contribution in [1.82, 2.24) is 15.1 Å². The molecule has 1 atom stereocenters. The highest BCUT2D eigenvalue weighted by molar-refractivity contribution is 6.30. The number of piperazine rings is 1. The summed E-state index contributed by atoms with van der Waals surface area (Å²) in [6.07, 6.45) is 0.520. The number of hydrogen-bond acceptors (Lipinski definition) is 3. The van der Waals surface area contributed by atoms with E-state index in [1.807, 2.05) is 30.3 Å². The van der Waals surface area contributed by atoms with E-state index in [0.717, 1.165) is 31.7 Å². The fraction of sp³-hybridized carbons (Fsp3) is 0.381. The lowest BCUT2D eigenvalue weighted by Crippen LogP contribution is -2.47. The molecular weight excluding hydrogens is 346 g/mol. The third-order valence-corrected chi connectivity index (χ3v) is 5.19. The summed E-state index contributed by atoms with van der Waals surface area (Å²) in [5, 5.41) is 3.68. The molecule has 0 saturated carbocycles. The average Bonchev–Trinajstić information content (AvgIpc) is 2.66. The Balaban J connectivity index is 1.46. The van der Waals surface area contributed by atoms with Crippen LogP contribution in [0.25, 0.3) is 0 Å². The van der Waals surface area contributed by atoms with Gasteiger partial charge in [-0.25, -0.2) is 0 Å². The number of carbonyl (C=O) groups excluding carboxylic acids is 1. The van der Waals surface area contributed by atoms with E-state index >= 15 is 0 Å². The molecule has 1 saturated heterocycles. The molecule has 0 aromatic heterocycles. The van der Waals surface area contributed by atoms with Crippen LogP contribution in [0, 0.1) is 0 Å². The highest BCUT2D eigenvalue weighted by Gasteiger charge is 2.25. The Morgan fingerprint density at radius 1 is 1.15 bits per heavy atom. The van der Waals surface area contributed by atoms with E-state index in [4.69, 9.17) is 11.6 Å². The Kier molecular flexibility index (Phi) is 6.67. The monoisotopic (exact) mass is 371 g/mol. The predicted octanol–water partition coefficient (Wildman–Crippen LogP) is 3.34. The summed E-state index contributed by atoms with van der Waals surface area (Å²) in [5.74, 6) is 0.0835. The number of nitrogens with one attached hydrogen (secondary N) is 1. The van der Waals surface area contributed by atoms with Crippen LogP contribution in [0.4, 0.5) is 0 Å². The van der Waals surface area contributed by atoms with Gasteiger partial charge in [-0.2, -0.15) is 0 Å². The second kappa shape index (κ2) is 9.17. The molecule has 2 aromatic carbocycles. The van der Waals surface area contributed by atoms with E-state index in [9.17, 15) is 4.79 Å². The Labute approximate surface area is 160 Å². The Morgan fingerprint density at radius 2 is 1.96 bits per heavy atom. The maximum Gasteiger partial charge on any atom is 0.221 e. The van der Waals surface area contributed by atoms with Crippen molar-refractivity contribution in [3.63, 3.8) is 0 Å². The summed E-state index contributed by atoms with van der Waals surface area (Å²) in [4.78, 5) is 17.0. The summed E-state index contributed by atoms with van der Waals surface area (Å²) in [5.41, 5.74) is 2.36. The van der Waals surface area contributed by atoms with Crippen molar-refractivity contribution >= 4 is 17.5 Å². The van der Waals surface area contributed by atoms with Gasteiger partial charge in [0, 0.05) is 50.2 Å². The summed E-state index contributed by atoms with van der Waals surface area (Å²) >= 11 is 5.98. The highest BCUT2D eigenvalue weighted by atomic mass is 35.5. The zero-order valence-corrected chi connectivity index (χ0v) is 16.0. The van der Waals surface area contributed by atoms with Crippen LogP contribution in [0.2, 0.25) is 5.02 Å². The van der Waals surface area contributed by atoms with Gasteiger partial charge in [-0.05, 0) is 30.3 Å². The van der Waals surface area contributed by atoms with Crippen LogP contribution in [0.15, 0.2) is 54.6 Å². The number of hydrogen-bond donors (Lipinski definition) is 1. The Morgan fingerprint density at radius 3 is 2.73 bits per heavy atom. The zero-order valence-electron chi connectivity index (χ0n) is 15.2. The SMILES string of the molecule is CN1CCN(CCC(=O)NCc2cccc(Cl)c2)C[C@H]1c1ccccc1. The number of likely N-dealkylation sites (N-methyl/N-ethyl adjacent to an activating group) is 1. The first-order valence-electron chi connectivity index (χ1n) is 9.10. The molecule has 138 valence electrons. The summed E-state index contributed by atoms with van der Waals surface area (Å²) in [6, 6.07) is 18.6. The van der Waals surface area contributed by atoms with Gasteiger partial charge in [0.1, 0.15) is 0 Å². The second-order valence-electron chi connectivity index (χ2n) is 6.86.